The van der Waals surface area contributed by atoms with Crippen LogP contribution >= 0.6 is 11.6 Å². The van der Waals surface area contributed by atoms with Crippen LogP contribution in [-0.4, -0.2) is 29.9 Å². The number of nitrogens with zero attached hydrogens (tertiary/aromatic N) is 1. The number of nitrogens with one attached hydrogen (secondary N) is 1. The van der Waals surface area contributed by atoms with Crippen molar-refractivity contribution in [1.82, 2.24) is 10.2 Å². The van der Waals surface area contributed by atoms with E-state index in [0.717, 1.165) is 25.9 Å². The molecule has 1 aliphatic heterocycles. The molecule has 3 nitrogen and oxygen atoms in total. The minimum absolute atomic E-state index is 0.0534. The summed E-state index contributed by atoms with van der Waals surface area (Å²) in [7, 11) is 0. The summed E-state index contributed by atoms with van der Waals surface area (Å²) >= 11 is 5.74. The summed E-state index contributed by atoms with van der Waals surface area (Å²) in [5, 5.41) is 3.78. The molecule has 1 amide bonds. The smallest absolute Gasteiger partial charge is 0.225 e. The second kappa shape index (κ2) is 7.23. The van der Waals surface area contributed by atoms with Crippen molar-refractivity contribution in [3.63, 3.8) is 0 Å². The average molecular weight is 313 g/mol. The summed E-state index contributed by atoms with van der Waals surface area (Å²) < 4.78 is 13.7. The van der Waals surface area contributed by atoms with E-state index in [1.807, 2.05) is 18.7 Å². The molecule has 0 aliphatic carbocycles. The van der Waals surface area contributed by atoms with Crippen LogP contribution in [0.1, 0.15) is 32.3 Å². The molecule has 0 bridgehead atoms. The largest absolute Gasteiger partial charge is 0.342 e. The summed E-state index contributed by atoms with van der Waals surface area (Å²) in [5.74, 6) is -0.00251. The third kappa shape index (κ3) is 4.42. The van der Waals surface area contributed by atoms with Gasteiger partial charge in [0.25, 0.3) is 0 Å². The summed E-state index contributed by atoms with van der Waals surface area (Å²) in [4.78, 5) is 13.8. The van der Waals surface area contributed by atoms with Gasteiger partial charge >= 0.3 is 0 Å². The molecule has 0 spiro atoms. The molecule has 116 valence electrons. The lowest BCUT2D eigenvalue weighted by Crippen LogP contribution is -2.46. The Kier molecular flexibility index (Phi) is 5.59. The Morgan fingerprint density at radius 3 is 2.67 bits per heavy atom. The van der Waals surface area contributed by atoms with Crippen LogP contribution < -0.4 is 5.32 Å². The van der Waals surface area contributed by atoms with E-state index in [9.17, 15) is 9.18 Å². The fraction of sp³-hybridized carbons (Fsp3) is 0.562. The van der Waals surface area contributed by atoms with Crippen LogP contribution in [0.5, 0.6) is 0 Å². The number of hydrogen-bond acceptors (Lipinski definition) is 2. The molecule has 0 aromatic heterocycles. The topological polar surface area (TPSA) is 32.3 Å². The van der Waals surface area contributed by atoms with Gasteiger partial charge in [0.05, 0.1) is 0 Å². The number of likely N-dealkylation sites (tertiary alicyclic amines) is 1. The second-order valence-corrected chi connectivity index (χ2v) is 6.31. The molecule has 1 aromatic rings. The Hall–Kier alpha value is -1.13. The van der Waals surface area contributed by atoms with E-state index < -0.39 is 0 Å². The van der Waals surface area contributed by atoms with Gasteiger partial charge in [-0.15, -0.1) is 0 Å². The molecule has 1 aliphatic rings. The summed E-state index contributed by atoms with van der Waals surface area (Å²) in [6, 6.07) is 5.08. The standard InChI is InChI=1S/C16H22ClFN2O/c1-11(2)16(21)20-7-5-14(6-8-20)19-10-12-3-4-13(17)9-15(12)18/h3-4,9,11,14,19H,5-8,10H2,1-2H3. The lowest BCUT2D eigenvalue weighted by atomic mass is 10.0. The van der Waals surface area contributed by atoms with Crippen LogP contribution in [0.3, 0.4) is 0 Å². The van der Waals surface area contributed by atoms with E-state index in [1.54, 1.807) is 12.1 Å². The molecular weight excluding hydrogens is 291 g/mol. The molecular formula is C16H22ClFN2O. The normalized spacial score (nSPS) is 16.5. The van der Waals surface area contributed by atoms with Gasteiger partial charge in [-0.05, 0) is 25.0 Å². The van der Waals surface area contributed by atoms with Crippen LogP contribution in [0.15, 0.2) is 18.2 Å². The van der Waals surface area contributed by atoms with Crippen molar-refractivity contribution in [2.45, 2.75) is 39.3 Å². The maximum atomic E-state index is 13.7. The summed E-state index contributed by atoms with van der Waals surface area (Å²) in [5.41, 5.74) is 0.625. The fourth-order valence-corrected chi connectivity index (χ4v) is 2.75. The maximum absolute atomic E-state index is 13.7. The Morgan fingerprint density at radius 2 is 2.10 bits per heavy atom. The van der Waals surface area contributed by atoms with Gasteiger partial charge in [-0.2, -0.15) is 0 Å². The van der Waals surface area contributed by atoms with E-state index >= 15 is 0 Å². The van der Waals surface area contributed by atoms with Gasteiger partial charge < -0.3 is 10.2 Å². The van der Waals surface area contributed by atoms with Crippen LogP contribution in [0.2, 0.25) is 5.02 Å². The van der Waals surface area contributed by atoms with E-state index in [-0.39, 0.29) is 17.6 Å². The quantitative estimate of drug-likeness (QED) is 0.926. The lowest BCUT2D eigenvalue weighted by molar-refractivity contribution is -0.135. The van der Waals surface area contributed by atoms with Crippen molar-refractivity contribution >= 4 is 17.5 Å². The monoisotopic (exact) mass is 312 g/mol. The predicted molar refractivity (Wildman–Crippen MR) is 82.7 cm³/mol. The van der Waals surface area contributed by atoms with Gasteiger partial charge in [0.1, 0.15) is 5.82 Å². The maximum Gasteiger partial charge on any atom is 0.225 e. The Labute approximate surface area is 130 Å². The van der Waals surface area contributed by atoms with Crippen molar-refractivity contribution in [2.24, 2.45) is 5.92 Å². The average Bonchev–Trinajstić information content (AvgIpc) is 2.46. The number of halogens is 2. The molecule has 1 heterocycles. The zero-order valence-electron chi connectivity index (χ0n) is 12.5. The van der Waals surface area contributed by atoms with Crippen molar-refractivity contribution in [1.29, 1.82) is 0 Å². The zero-order chi connectivity index (χ0) is 15.4. The molecule has 1 N–H and O–H groups in total. The first-order chi connectivity index (χ1) is 9.97. The number of hydrogen-bond donors (Lipinski definition) is 1. The van der Waals surface area contributed by atoms with Gasteiger partial charge in [-0.1, -0.05) is 31.5 Å². The first-order valence-electron chi connectivity index (χ1n) is 7.43. The number of carbonyl (C=O) groups excluding carboxylic acids is 1. The second-order valence-electron chi connectivity index (χ2n) is 5.87. The van der Waals surface area contributed by atoms with Crippen LogP contribution in [0.25, 0.3) is 0 Å². The van der Waals surface area contributed by atoms with Gasteiger partial charge in [0.2, 0.25) is 5.91 Å². The van der Waals surface area contributed by atoms with Crippen molar-refractivity contribution < 1.29 is 9.18 Å². The molecule has 1 aromatic carbocycles. The van der Waals surface area contributed by atoms with Crippen molar-refractivity contribution in [3.8, 4) is 0 Å². The Morgan fingerprint density at radius 1 is 1.43 bits per heavy atom. The SMILES string of the molecule is CC(C)C(=O)N1CCC(NCc2ccc(Cl)cc2F)CC1. The number of carbonyl (C=O) groups is 1. The van der Waals surface area contributed by atoms with Gasteiger partial charge in [-0.3, -0.25) is 4.79 Å². The molecule has 1 saturated heterocycles. The summed E-state index contributed by atoms with van der Waals surface area (Å²) in [6.07, 6.45) is 1.82. The lowest BCUT2D eigenvalue weighted by Gasteiger charge is -2.33. The Bertz CT molecular complexity index is 499. The van der Waals surface area contributed by atoms with E-state index in [0.29, 0.717) is 23.2 Å². The van der Waals surface area contributed by atoms with Crippen LogP contribution in [0, 0.1) is 11.7 Å². The van der Waals surface area contributed by atoms with Crippen molar-refractivity contribution in [2.75, 3.05) is 13.1 Å². The van der Waals surface area contributed by atoms with Crippen molar-refractivity contribution in [3.05, 3.63) is 34.6 Å². The van der Waals surface area contributed by atoms with Gasteiger partial charge in [0, 0.05) is 42.2 Å². The fourth-order valence-electron chi connectivity index (χ4n) is 2.59. The number of rotatable bonds is 4. The molecule has 0 unspecified atom stereocenters. The highest BCUT2D eigenvalue weighted by molar-refractivity contribution is 6.30. The number of piperidine rings is 1. The predicted octanol–water partition coefficient (Wildman–Crippen LogP) is 3.22. The third-order valence-corrected chi connectivity index (χ3v) is 4.13. The van der Waals surface area contributed by atoms with E-state index in [4.69, 9.17) is 11.6 Å². The zero-order valence-corrected chi connectivity index (χ0v) is 13.3. The molecule has 5 heteroatoms. The molecule has 1 fully saturated rings. The molecule has 2 rings (SSSR count). The van der Waals surface area contributed by atoms with Crippen LogP contribution in [0.4, 0.5) is 4.39 Å². The van der Waals surface area contributed by atoms with Crippen LogP contribution in [-0.2, 0) is 11.3 Å². The molecule has 21 heavy (non-hydrogen) atoms. The van der Waals surface area contributed by atoms with E-state index in [2.05, 4.69) is 5.32 Å². The number of benzene rings is 1. The summed E-state index contributed by atoms with van der Waals surface area (Å²) in [6.45, 7) is 5.90. The minimum Gasteiger partial charge on any atom is -0.342 e. The van der Waals surface area contributed by atoms with Gasteiger partial charge in [-0.25, -0.2) is 4.39 Å². The Balaban J connectivity index is 1.80. The van der Waals surface area contributed by atoms with Gasteiger partial charge in [0.15, 0.2) is 0 Å². The minimum atomic E-state index is -0.276. The molecule has 0 radical (unpaired) electrons. The first kappa shape index (κ1) is 16.2. The highest BCUT2D eigenvalue weighted by atomic mass is 35.5. The molecule has 0 atom stereocenters. The van der Waals surface area contributed by atoms with E-state index in [1.165, 1.54) is 6.07 Å². The molecule has 0 saturated carbocycles. The number of amides is 1. The third-order valence-electron chi connectivity index (χ3n) is 3.90. The highest BCUT2D eigenvalue weighted by Gasteiger charge is 2.23. The first-order valence-corrected chi connectivity index (χ1v) is 7.81. The highest BCUT2D eigenvalue weighted by Crippen LogP contribution is 2.17.